The molecule has 20 heavy (non-hydrogen) atoms. The first-order chi connectivity index (χ1) is 9.59. The van der Waals surface area contributed by atoms with E-state index in [4.69, 9.17) is 4.74 Å². The molecule has 2 aliphatic heterocycles. The van der Waals surface area contributed by atoms with Crippen LogP contribution in [-0.2, 0) is 16.0 Å². The Morgan fingerprint density at radius 2 is 2.20 bits per heavy atom. The smallest absolute Gasteiger partial charge is 0.253 e. The van der Waals surface area contributed by atoms with E-state index >= 15 is 0 Å². The van der Waals surface area contributed by atoms with Crippen LogP contribution in [0.2, 0.25) is 0 Å². The van der Waals surface area contributed by atoms with Crippen LogP contribution in [0.1, 0.15) is 25.8 Å². The van der Waals surface area contributed by atoms with E-state index in [1.54, 1.807) is 0 Å². The predicted molar refractivity (Wildman–Crippen MR) is 78.9 cm³/mol. The molecule has 0 saturated carbocycles. The minimum absolute atomic E-state index is 0.0674. The molecular formula is C16H22N2O2. The lowest BCUT2D eigenvalue weighted by Gasteiger charge is -2.40. The van der Waals surface area contributed by atoms with E-state index in [0.717, 1.165) is 31.6 Å². The summed E-state index contributed by atoms with van der Waals surface area (Å²) in [5.74, 6) is 0.0674. The van der Waals surface area contributed by atoms with Crippen molar-refractivity contribution < 1.29 is 9.53 Å². The van der Waals surface area contributed by atoms with Gasteiger partial charge in [-0.3, -0.25) is 4.79 Å². The highest BCUT2D eigenvalue weighted by Gasteiger charge is 2.35. The lowest BCUT2D eigenvalue weighted by molar-refractivity contribution is -0.133. The molecule has 1 N–H and O–H groups in total. The molecule has 4 heteroatoms. The van der Waals surface area contributed by atoms with Gasteiger partial charge in [0.15, 0.2) is 0 Å². The van der Waals surface area contributed by atoms with Gasteiger partial charge in [0.05, 0.1) is 5.60 Å². The molecule has 0 spiro atoms. The maximum atomic E-state index is 12.5. The van der Waals surface area contributed by atoms with Crippen LogP contribution >= 0.6 is 0 Å². The van der Waals surface area contributed by atoms with Gasteiger partial charge in [-0.2, -0.15) is 0 Å². The second-order valence-corrected chi connectivity index (χ2v) is 6.12. The summed E-state index contributed by atoms with van der Waals surface area (Å²) < 4.78 is 5.79. The Labute approximate surface area is 120 Å². The quantitative estimate of drug-likeness (QED) is 0.912. The normalized spacial score (nSPS) is 23.9. The van der Waals surface area contributed by atoms with Crippen molar-refractivity contribution in [2.75, 3.05) is 24.6 Å². The number of fused-ring (bicyclic) bond motifs is 1. The van der Waals surface area contributed by atoms with Crippen molar-refractivity contribution >= 4 is 11.6 Å². The first-order valence-electron chi connectivity index (χ1n) is 7.34. The highest BCUT2D eigenvalue weighted by Crippen LogP contribution is 2.30. The number of hydrogen-bond donors (Lipinski definition) is 1. The monoisotopic (exact) mass is 274 g/mol. The van der Waals surface area contributed by atoms with E-state index in [0.29, 0.717) is 0 Å². The Hall–Kier alpha value is -1.39. The number of nitrogens with one attached hydrogen (secondary N) is 1. The molecule has 0 radical (unpaired) electrons. The van der Waals surface area contributed by atoms with Gasteiger partial charge in [-0.05, 0) is 38.3 Å². The number of benzene rings is 1. The number of nitrogens with zero attached hydrogens (tertiary/aromatic N) is 1. The summed E-state index contributed by atoms with van der Waals surface area (Å²) in [4.78, 5) is 14.4. The number of para-hydroxylation sites is 1. The standard InChI is InChI=1S/C16H22N2O2/c1-12-7-8-13-5-3-4-6-14(13)18(12)15(19)9-20-16(2)10-17-11-16/h3-6,12,17H,7-11H2,1-2H3. The van der Waals surface area contributed by atoms with Gasteiger partial charge in [-0.25, -0.2) is 0 Å². The Kier molecular flexibility index (Phi) is 3.52. The van der Waals surface area contributed by atoms with Crippen molar-refractivity contribution in [3.05, 3.63) is 29.8 Å². The third-order valence-electron chi connectivity index (χ3n) is 4.33. The van der Waals surface area contributed by atoms with Gasteiger partial charge < -0.3 is 15.0 Å². The number of ether oxygens (including phenoxy) is 1. The summed E-state index contributed by atoms with van der Waals surface area (Å²) in [6, 6.07) is 8.42. The fourth-order valence-electron chi connectivity index (χ4n) is 2.95. The lowest BCUT2D eigenvalue weighted by Crippen LogP contribution is -2.60. The van der Waals surface area contributed by atoms with Crippen LogP contribution in [0.25, 0.3) is 0 Å². The maximum absolute atomic E-state index is 12.5. The minimum atomic E-state index is -0.172. The fourth-order valence-corrected chi connectivity index (χ4v) is 2.95. The molecule has 1 saturated heterocycles. The molecule has 3 rings (SSSR count). The van der Waals surface area contributed by atoms with Crippen molar-refractivity contribution in [1.29, 1.82) is 0 Å². The summed E-state index contributed by atoms with van der Waals surface area (Å²) in [5, 5.41) is 3.18. The summed E-state index contributed by atoms with van der Waals surface area (Å²) in [5.41, 5.74) is 2.14. The molecule has 1 atom stereocenters. The zero-order valence-electron chi connectivity index (χ0n) is 12.2. The molecule has 2 aliphatic rings. The second kappa shape index (κ2) is 5.19. The van der Waals surface area contributed by atoms with Crippen LogP contribution in [0.5, 0.6) is 0 Å². The summed E-state index contributed by atoms with van der Waals surface area (Å²) in [7, 11) is 0. The van der Waals surface area contributed by atoms with Crippen molar-refractivity contribution in [2.24, 2.45) is 0 Å². The second-order valence-electron chi connectivity index (χ2n) is 6.12. The van der Waals surface area contributed by atoms with E-state index in [1.807, 2.05) is 30.0 Å². The van der Waals surface area contributed by atoms with Crippen molar-refractivity contribution in [3.63, 3.8) is 0 Å². The Bertz CT molecular complexity index is 511. The number of amides is 1. The molecule has 108 valence electrons. The fraction of sp³-hybridized carbons (Fsp3) is 0.562. The lowest BCUT2D eigenvalue weighted by atomic mass is 9.96. The van der Waals surface area contributed by atoms with Crippen LogP contribution in [0, 0.1) is 0 Å². The van der Waals surface area contributed by atoms with Gasteiger partial charge >= 0.3 is 0 Å². The maximum Gasteiger partial charge on any atom is 0.253 e. The van der Waals surface area contributed by atoms with E-state index in [9.17, 15) is 4.79 Å². The molecule has 1 aromatic rings. The molecule has 0 aromatic heterocycles. The van der Waals surface area contributed by atoms with Crippen LogP contribution < -0.4 is 10.2 Å². The number of rotatable bonds is 3. The molecule has 0 bridgehead atoms. The van der Waals surface area contributed by atoms with E-state index in [1.165, 1.54) is 5.56 Å². The predicted octanol–water partition coefficient (Wildman–Crippen LogP) is 1.73. The first kappa shape index (κ1) is 13.6. The Morgan fingerprint density at radius 1 is 1.45 bits per heavy atom. The highest BCUT2D eigenvalue weighted by atomic mass is 16.5. The van der Waals surface area contributed by atoms with Gasteiger partial charge in [0.25, 0.3) is 5.91 Å². The molecule has 1 unspecified atom stereocenters. The van der Waals surface area contributed by atoms with Crippen molar-refractivity contribution in [2.45, 2.75) is 38.3 Å². The van der Waals surface area contributed by atoms with Gasteiger partial charge in [0.2, 0.25) is 0 Å². The number of carbonyl (C=O) groups excluding carboxylic acids is 1. The van der Waals surface area contributed by atoms with E-state index in [2.05, 4.69) is 18.3 Å². The van der Waals surface area contributed by atoms with Crippen LogP contribution in [0.15, 0.2) is 24.3 Å². The number of carbonyl (C=O) groups is 1. The van der Waals surface area contributed by atoms with Crippen molar-refractivity contribution in [3.8, 4) is 0 Å². The van der Waals surface area contributed by atoms with Crippen LogP contribution in [0.3, 0.4) is 0 Å². The molecule has 2 heterocycles. The highest BCUT2D eigenvalue weighted by molar-refractivity contribution is 5.96. The van der Waals surface area contributed by atoms with Gasteiger partial charge in [0.1, 0.15) is 6.61 Å². The van der Waals surface area contributed by atoms with Gasteiger partial charge in [0, 0.05) is 24.8 Å². The topological polar surface area (TPSA) is 41.6 Å². The van der Waals surface area contributed by atoms with Crippen LogP contribution in [0.4, 0.5) is 5.69 Å². The van der Waals surface area contributed by atoms with Crippen molar-refractivity contribution in [1.82, 2.24) is 5.32 Å². The average molecular weight is 274 g/mol. The molecule has 1 fully saturated rings. The van der Waals surface area contributed by atoms with Crippen LogP contribution in [-0.4, -0.2) is 37.2 Å². The molecule has 4 nitrogen and oxygen atoms in total. The van der Waals surface area contributed by atoms with Gasteiger partial charge in [-0.1, -0.05) is 18.2 Å². The third-order valence-corrected chi connectivity index (χ3v) is 4.33. The Balaban J connectivity index is 1.73. The minimum Gasteiger partial charge on any atom is -0.363 e. The number of anilines is 1. The van der Waals surface area contributed by atoms with Gasteiger partial charge in [-0.15, -0.1) is 0 Å². The molecular weight excluding hydrogens is 252 g/mol. The average Bonchev–Trinajstić information content (AvgIpc) is 2.42. The molecule has 0 aliphatic carbocycles. The number of hydrogen-bond acceptors (Lipinski definition) is 3. The first-order valence-corrected chi connectivity index (χ1v) is 7.34. The largest absolute Gasteiger partial charge is 0.363 e. The molecule has 1 aromatic carbocycles. The third kappa shape index (κ3) is 2.45. The van der Waals surface area contributed by atoms with E-state index < -0.39 is 0 Å². The zero-order chi connectivity index (χ0) is 14.2. The SMILES string of the molecule is CC1CCc2ccccc2N1C(=O)COC1(C)CNC1. The Morgan fingerprint density at radius 3 is 2.90 bits per heavy atom. The zero-order valence-corrected chi connectivity index (χ0v) is 12.2. The number of aryl methyl sites for hydroxylation is 1. The summed E-state index contributed by atoms with van der Waals surface area (Å²) in [6.07, 6.45) is 2.06. The molecule has 1 amide bonds. The summed E-state index contributed by atoms with van der Waals surface area (Å²) >= 11 is 0. The van der Waals surface area contributed by atoms with E-state index in [-0.39, 0.29) is 24.2 Å². The summed E-state index contributed by atoms with van der Waals surface area (Å²) in [6.45, 7) is 5.97.